The van der Waals surface area contributed by atoms with Gasteiger partial charge >= 0.3 is 5.97 Å². The Morgan fingerprint density at radius 3 is 2.57 bits per heavy atom. The minimum Gasteiger partial charge on any atom is -0.451 e. The summed E-state index contributed by atoms with van der Waals surface area (Å²) in [5.74, 6) is -1.38. The number of para-hydroxylation sites is 1. The van der Waals surface area contributed by atoms with E-state index in [9.17, 15) is 14.4 Å². The fourth-order valence-corrected chi connectivity index (χ4v) is 3.37. The lowest BCUT2D eigenvalue weighted by Crippen LogP contribution is -2.44. The van der Waals surface area contributed by atoms with Gasteiger partial charge in [0.25, 0.3) is 11.8 Å². The molecule has 146 valence electrons. The van der Waals surface area contributed by atoms with Crippen LogP contribution in [0.5, 0.6) is 0 Å². The molecule has 0 aliphatic carbocycles. The van der Waals surface area contributed by atoms with E-state index in [1.54, 1.807) is 29.2 Å². The van der Waals surface area contributed by atoms with Crippen molar-refractivity contribution in [2.75, 3.05) is 11.4 Å². The third kappa shape index (κ3) is 4.34. The predicted octanol–water partition coefficient (Wildman–Crippen LogP) is 2.98. The Hall–Kier alpha value is -2.86. The van der Waals surface area contributed by atoms with Crippen LogP contribution in [-0.4, -0.2) is 36.5 Å². The van der Waals surface area contributed by atoms with Gasteiger partial charge in [-0.05, 0) is 56.2 Å². The first-order chi connectivity index (χ1) is 13.4. The molecule has 0 saturated carbocycles. The highest BCUT2D eigenvalue weighted by atomic mass is 35.5. The van der Waals surface area contributed by atoms with Crippen LogP contribution in [0.15, 0.2) is 48.5 Å². The van der Waals surface area contributed by atoms with Crippen molar-refractivity contribution >= 4 is 35.1 Å². The number of hydrogen-bond donors (Lipinski definition) is 1. The van der Waals surface area contributed by atoms with Crippen molar-refractivity contribution in [2.45, 2.75) is 32.4 Å². The monoisotopic (exact) mass is 400 g/mol. The van der Waals surface area contributed by atoms with Crippen LogP contribution in [0.25, 0.3) is 0 Å². The number of anilines is 1. The lowest BCUT2D eigenvalue weighted by atomic mass is 10.1. The summed E-state index contributed by atoms with van der Waals surface area (Å²) >= 11 is 5.78. The van der Waals surface area contributed by atoms with Crippen molar-refractivity contribution in [1.82, 2.24) is 5.32 Å². The zero-order valence-electron chi connectivity index (χ0n) is 15.6. The van der Waals surface area contributed by atoms with E-state index < -0.39 is 18.0 Å². The molecule has 2 aromatic rings. The maximum Gasteiger partial charge on any atom is 0.326 e. The van der Waals surface area contributed by atoms with E-state index in [2.05, 4.69) is 5.32 Å². The second-order valence-electron chi connectivity index (χ2n) is 6.71. The number of nitrogens with one attached hydrogen (secondary N) is 1. The number of hydrogen-bond acceptors (Lipinski definition) is 4. The molecule has 28 heavy (non-hydrogen) atoms. The molecule has 2 aromatic carbocycles. The van der Waals surface area contributed by atoms with Gasteiger partial charge in [-0.1, -0.05) is 29.8 Å². The Bertz CT molecular complexity index is 898. The van der Waals surface area contributed by atoms with Crippen molar-refractivity contribution in [3.63, 3.8) is 0 Å². The van der Waals surface area contributed by atoms with E-state index >= 15 is 0 Å². The lowest BCUT2D eigenvalue weighted by Gasteiger charge is -2.26. The summed E-state index contributed by atoms with van der Waals surface area (Å²) in [6, 6.07) is 14.0. The standard InChI is InChI=1S/C21H21ClN2O4/c1-13-11-16-5-3-4-6-18(16)24(13)21(27)14(2)28-19(25)12-23-20(26)15-7-9-17(22)10-8-15/h3-10,13-14H,11-12H2,1-2H3,(H,23,26)/t13-,14+/m1/s1. The molecule has 7 heteroatoms. The maximum atomic E-state index is 12.8. The summed E-state index contributed by atoms with van der Waals surface area (Å²) in [7, 11) is 0. The average Bonchev–Trinajstić information content (AvgIpc) is 3.01. The summed E-state index contributed by atoms with van der Waals surface area (Å²) in [4.78, 5) is 38.6. The number of halogens is 1. The minimum absolute atomic E-state index is 0.00402. The molecule has 0 spiro atoms. The van der Waals surface area contributed by atoms with Crippen LogP contribution in [-0.2, 0) is 20.7 Å². The van der Waals surface area contributed by atoms with Gasteiger partial charge < -0.3 is 15.0 Å². The fraction of sp³-hybridized carbons (Fsp3) is 0.286. The van der Waals surface area contributed by atoms with E-state index in [1.807, 2.05) is 31.2 Å². The molecule has 6 nitrogen and oxygen atoms in total. The first-order valence-corrected chi connectivity index (χ1v) is 9.39. The van der Waals surface area contributed by atoms with Crippen LogP contribution in [0.2, 0.25) is 5.02 Å². The number of nitrogens with zero attached hydrogens (tertiary/aromatic N) is 1. The van der Waals surface area contributed by atoms with Gasteiger partial charge in [0, 0.05) is 22.3 Å². The second kappa shape index (κ2) is 8.44. The topological polar surface area (TPSA) is 75.7 Å². The molecular formula is C21H21ClN2O4. The summed E-state index contributed by atoms with van der Waals surface area (Å²) in [6.07, 6.45) is -0.187. The average molecular weight is 401 g/mol. The van der Waals surface area contributed by atoms with Crippen LogP contribution in [0.3, 0.4) is 0 Å². The van der Waals surface area contributed by atoms with E-state index in [-0.39, 0.29) is 18.5 Å². The van der Waals surface area contributed by atoms with Gasteiger partial charge in [0.15, 0.2) is 6.10 Å². The Kier molecular flexibility index (Phi) is 5.99. The first-order valence-electron chi connectivity index (χ1n) is 9.01. The van der Waals surface area contributed by atoms with E-state index in [0.29, 0.717) is 10.6 Å². The second-order valence-corrected chi connectivity index (χ2v) is 7.15. The third-order valence-corrected chi connectivity index (χ3v) is 4.85. The minimum atomic E-state index is -0.950. The molecule has 1 aliphatic rings. The maximum absolute atomic E-state index is 12.8. The number of carbonyl (C=O) groups excluding carboxylic acids is 3. The normalized spacial score (nSPS) is 16.2. The molecule has 0 saturated heterocycles. The molecule has 0 unspecified atom stereocenters. The molecule has 0 fully saturated rings. The lowest BCUT2D eigenvalue weighted by molar-refractivity contribution is -0.152. The highest BCUT2D eigenvalue weighted by molar-refractivity contribution is 6.30. The number of rotatable bonds is 5. The van der Waals surface area contributed by atoms with Gasteiger partial charge in [0.1, 0.15) is 6.54 Å². The van der Waals surface area contributed by atoms with Crippen LogP contribution in [0.4, 0.5) is 5.69 Å². The van der Waals surface area contributed by atoms with Gasteiger partial charge in [0.2, 0.25) is 0 Å². The van der Waals surface area contributed by atoms with Crippen molar-refractivity contribution in [3.05, 3.63) is 64.7 Å². The van der Waals surface area contributed by atoms with Crippen LogP contribution >= 0.6 is 11.6 Å². The number of esters is 1. The Balaban J connectivity index is 1.55. The van der Waals surface area contributed by atoms with Crippen LogP contribution < -0.4 is 10.2 Å². The quantitative estimate of drug-likeness (QED) is 0.783. The van der Waals surface area contributed by atoms with Crippen molar-refractivity contribution in [3.8, 4) is 0 Å². The fourth-order valence-electron chi connectivity index (χ4n) is 3.24. The van der Waals surface area contributed by atoms with E-state index in [4.69, 9.17) is 16.3 Å². The van der Waals surface area contributed by atoms with Crippen molar-refractivity contribution < 1.29 is 19.1 Å². The number of benzene rings is 2. The summed E-state index contributed by atoms with van der Waals surface area (Å²) in [5.41, 5.74) is 2.32. The number of fused-ring (bicyclic) bond motifs is 1. The molecule has 2 atom stereocenters. The Labute approximate surface area is 168 Å². The largest absolute Gasteiger partial charge is 0.451 e. The molecule has 0 bridgehead atoms. The Morgan fingerprint density at radius 2 is 1.86 bits per heavy atom. The SMILES string of the molecule is C[C@H](OC(=O)CNC(=O)c1ccc(Cl)cc1)C(=O)N1c2ccccc2C[C@H]1C. The highest BCUT2D eigenvalue weighted by Gasteiger charge is 2.34. The molecule has 3 rings (SSSR count). The molecule has 0 aromatic heterocycles. The zero-order chi connectivity index (χ0) is 20.3. The predicted molar refractivity (Wildman–Crippen MR) is 106 cm³/mol. The van der Waals surface area contributed by atoms with Crippen molar-refractivity contribution in [1.29, 1.82) is 0 Å². The molecule has 2 amide bonds. The number of amides is 2. The van der Waals surface area contributed by atoms with E-state index in [0.717, 1.165) is 17.7 Å². The van der Waals surface area contributed by atoms with Crippen molar-refractivity contribution in [2.24, 2.45) is 0 Å². The molecule has 1 N–H and O–H groups in total. The molecule has 1 heterocycles. The Morgan fingerprint density at radius 1 is 1.18 bits per heavy atom. The highest BCUT2D eigenvalue weighted by Crippen LogP contribution is 2.32. The summed E-state index contributed by atoms with van der Waals surface area (Å²) in [6.45, 7) is 3.17. The van der Waals surface area contributed by atoms with Crippen LogP contribution in [0, 0.1) is 0 Å². The third-order valence-electron chi connectivity index (χ3n) is 4.60. The zero-order valence-corrected chi connectivity index (χ0v) is 16.4. The molecular weight excluding hydrogens is 380 g/mol. The van der Waals surface area contributed by atoms with Gasteiger partial charge in [0.05, 0.1) is 0 Å². The van der Waals surface area contributed by atoms with Gasteiger partial charge in [-0.2, -0.15) is 0 Å². The van der Waals surface area contributed by atoms with Gasteiger partial charge in [-0.15, -0.1) is 0 Å². The first kappa shape index (κ1) is 19.9. The van der Waals surface area contributed by atoms with Gasteiger partial charge in [-0.3, -0.25) is 14.4 Å². The summed E-state index contributed by atoms with van der Waals surface area (Å²) in [5, 5.41) is 2.99. The van der Waals surface area contributed by atoms with Gasteiger partial charge in [-0.25, -0.2) is 0 Å². The molecule has 1 aliphatic heterocycles. The van der Waals surface area contributed by atoms with E-state index in [1.165, 1.54) is 6.92 Å². The molecule has 0 radical (unpaired) electrons. The summed E-state index contributed by atoms with van der Waals surface area (Å²) < 4.78 is 5.23. The number of ether oxygens (including phenoxy) is 1. The smallest absolute Gasteiger partial charge is 0.326 e. The number of carbonyl (C=O) groups is 3. The van der Waals surface area contributed by atoms with Crippen LogP contribution in [0.1, 0.15) is 29.8 Å².